The summed E-state index contributed by atoms with van der Waals surface area (Å²) in [5.74, 6) is 3.70. The topological polar surface area (TPSA) is 21.3 Å². The standard InChI is InChI=1S/C17H31NO/c1-6-18-15(13-8-11-7-12(11)9-13)14-10-16(2,3)19-17(14,4)5/h11-15,18H,6-10H2,1-5H3. The summed E-state index contributed by atoms with van der Waals surface area (Å²) in [6.45, 7) is 12.4. The van der Waals surface area contributed by atoms with Crippen molar-refractivity contribution in [2.75, 3.05) is 6.54 Å². The molecule has 2 saturated carbocycles. The van der Waals surface area contributed by atoms with E-state index in [-0.39, 0.29) is 11.2 Å². The van der Waals surface area contributed by atoms with Gasteiger partial charge in [-0.2, -0.15) is 0 Å². The Labute approximate surface area is 118 Å². The number of hydrogen-bond donors (Lipinski definition) is 1. The van der Waals surface area contributed by atoms with Crippen LogP contribution in [0.15, 0.2) is 0 Å². The zero-order valence-corrected chi connectivity index (χ0v) is 13.3. The Morgan fingerprint density at radius 2 is 1.74 bits per heavy atom. The molecule has 2 nitrogen and oxygen atoms in total. The molecule has 4 unspecified atom stereocenters. The lowest BCUT2D eigenvalue weighted by atomic mass is 9.75. The predicted molar refractivity (Wildman–Crippen MR) is 79.1 cm³/mol. The second-order valence-corrected chi connectivity index (χ2v) is 8.35. The van der Waals surface area contributed by atoms with Crippen molar-refractivity contribution in [2.45, 2.75) is 77.5 Å². The van der Waals surface area contributed by atoms with Crippen molar-refractivity contribution >= 4 is 0 Å². The van der Waals surface area contributed by atoms with Gasteiger partial charge in [-0.15, -0.1) is 0 Å². The summed E-state index contributed by atoms with van der Waals surface area (Å²) in [5, 5.41) is 3.82. The van der Waals surface area contributed by atoms with Gasteiger partial charge in [-0.05, 0) is 77.7 Å². The fraction of sp³-hybridized carbons (Fsp3) is 1.00. The lowest BCUT2D eigenvalue weighted by Gasteiger charge is -2.37. The maximum atomic E-state index is 6.33. The molecule has 0 amide bonds. The third kappa shape index (κ3) is 2.58. The minimum atomic E-state index is 0.0170. The number of ether oxygens (including phenoxy) is 1. The van der Waals surface area contributed by atoms with Gasteiger partial charge in [-0.1, -0.05) is 6.92 Å². The molecular formula is C17H31NO. The molecule has 4 atom stereocenters. The average molecular weight is 265 g/mol. The first-order chi connectivity index (χ1) is 8.82. The van der Waals surface area contributed by atoms with Crippen LogP contribution in [0, 0.1) is 23.7 Å². The molecule has 1 aliphatic heterocycles. The molecule has 3 fully saturated rings. The maximum Gasteiger partial charge on any atom is 0.0677 e. The van der Waals surface area contributed by atoms with E-state index in [1.807, 2.05) is 0 Å². The van der Waals surface area contributed by atoms with Crippen LogP contribution in [0.5, 0.6) is 0 Å². The van der Waals surface area contributed by atoms with E-state index in [4.69, 9.17) is 4.74 Å². The van der Waals surface area contributed by atoms with E-state index in [1.165, 1.54) is 25.7 Å². The fourth-order valence-corrected chi connectivity index (χ4v) is 5.09. The highest BCUT2D eigenvalue weighted by Crippen LogP contribution is 2.57. The van der Waals surface area contributed by atoms with E-state index in [9.17, 15) is 0 Å². The monoisotopic (exact) mass is 265 g/mol. The SMILES string of the molecule is CCNC(C1CC2CC2C1)C1CC(C)(C)OC1(C)C. The third-order valence-electron chi connectivity index (χ3n) is 5.81. The fourth-order valence-electron chi connectivity index (χ4n) is 5.09. The highest BCUT2D eigenvalue weighted by molar-refractivity contribution is 5.06. The Balaban J connectivity index is 1.75. The second-order valence-electron chi connectivity index (χ2n) is 8.35. The molecule has 0 aromatic carbocycles. The quantitative estimate of drug-likeness (QED) is 0.838. The Hall–Kier alpha value is -0.0800. The molecule has 2 aliphatic carbocycles. The average Bonchev–Trinajstić information content (AvgIpc) is 2.80. The van der Waals surface area contributed by atoms with E-state index in [0.717, 1.165) is 24.3 Å². The van der Waals surface area contributed by atoms with E-state index in [2.05, 4.69) is 39.9 Å². The van der Waals surface area contributed by atoms with Crippen molar-refractivity contribution in [1.82, 2.24) is 5.32 Å². The van der Waals surface area contributed by atoms with Crippen molar-refractivity contribution in [3.63, 3.8) is 0 Å². The van der Waals surface area contributed by atoms with Gasteiger partial charge in [0, 0.05) is 12.0 Å². The summed E-state index contributed by atoms with van der Waals surface area (Å²) in [7, 11) is 0. The molecule has 0 radical (unpaired) electrons. The number of hydrogen-bond acceptors (Lipinski definition) is 2. The van der Waals surface area contributed by atoms with Crippen molar-refractivity contribution < 1.29 is 4.74 Å². The molecule has 110 valence electrons. The Bertz CT molecular complexity index is 339. The van der Waals surface area contributed by atoms with E-state index < -0.39 is 0 Å². The van der Waals surface area contributed by atoms with Gasteiger partial charge >= 0.3 is 0 Å². The Morgan fingerprint density at radius 3 is 2.21 bits per heavy atom. The Kier molecular flexibility index (Phi) is 3.26. The molecule has 1 heterocycles. The predicted octanol–water partition coefficient (Wildman–Crippen LogP) is 3.60. The van der Waals surface area contributed by atoms with E-state index in [0.29, 0.717) is 12.0 Å². The number of nitrogens with one attached hydrogen (secondary N) is 1. The van der Waals surface area contributed by atoms with Crippen LogP contribution < -0.4 is 5.32 Å². The van der Waals surface area contributed by atoms with Gasteiger partial charge in [0.25, 0.3) is 0 Å². The normalized spacial score (nSPS) is 44.1. The minimum Gasteiger partial charge on any atom is -0.369 e. The Morgan fingerprint density at radius 1 is 1.11 bits per heavy atom. The lowest BCUT2D eigenvalue weighted by Crippen LogP contribution is -2.48. The largest absolute Gasteiger partial charge is 0.369 e. The molecule has 0 bridgehead atoms. The van der Waals surface area contributed by atoms with Crippen LogP contribution in [0.4, 0.5) is 0 Å². The van der Waals surface area contributed by atoms with Crippen molar-refractivity contribution in [1.29, 1.82) is 0 Å². The third-order valence-corrected chi connectivity index (χ3v) is 5.81. The summed E-state index contributed by atoms with van der Waals surface area (Å²) in [6, 6.07) is 0.662. The molecule has 1 saturated heterocycles. The van der Waals surface area contributed by atoms with Gasteiger partial charge in [0.05, 0.1) is 11.2 Å². The van der Waals surface area contributed by atoms with Crippen LogP contribution in [0.2, 0.25) is 0 Å². The van der Waals surface area contributed by atoms with Gasteiger partial charge in [0.1, 0.15) is 0 Å². The first kappa shape index (κ1) is 13.9. The first-order valence-corrected chi connectivity index (χ1v) is 8.26. The smallest absolute Gasteiger partial charge is 0.0677 e. The molecular weight excluding hydrogens is 234 g/mol. The van der Waals surface area contributed by atoms with Gasteiger partial charge in [0.15, 0.2) is 0 Å². The van der Waals surface area contributed by atoms with Crippen LogP contribution in [-0.2, 0) is 4.74 Å². The van der Waals surface area contributed by atoms with Crippen molar-refractivity contribution in [2.24, 2.45) is 23.7 Å². The molecule has 19 heavy (non-hydrogen) atoms. The van der Waals surface area contributed by atoms with Crippen LogP contribution >= 0.6 is 0 Å². The molecule has 3 rings (SSSR count). The maximum absolute atomic E-state index is 6.33. The number of fused-ring (bicyclic) bond motifs is 1. The van der Waals surface area contributed by atoms with Gasteiger partial charge in [0.2, 0.25) is 0 Å². The lowest BCUT2D eigenvalue weighted by molar-refractivity contribution is -0.0796. The highest BCUT2D eigenvalue weighted by atomic mass is 16.5. The van der Waals surface area contributed by atoms with Gasteiger partial charge < -0.3 is 10.1 Å². The van der Waals surface area contributed by atoms with Crippen LogP contribution in [0.3, 0.4) is 0 Å². The summed E-state index contributed by atoms with van der Waals surface area (Å²) in [6.07, 6.45) is 5.65. The molecule has 0 spiro atoms. The summed E-state index contributed by atoms with van der Waals surface area (Å²) < 4.78 is 6.33. The van der Waals surface area contributed by atoms with Crippen LogP contribution in [0.25, 0.3) is 0 Å². The number of rotatable bonds is 4. The first-order valence-electron chi connectivity index (χ1n) is 8.26. The van der Waals surface area contributed by atoms with Gasteiger partial charge in [-0.3, -0.25) is 0 Å². The molecule has 1 N–H and O–H groups in total. The second kappa shape index (κ2) is 4.46. The van der Waals surface area contributed by atoms with Crippen LogP contribution in [-0.4, -0.2) is 23.8 Å². The van der Waals surface area contributed by atoms with Crippen LogP contribution in [0.1, 0.15) is 60.3 Å². The zero-order valence-electron chi connectivity index (χ0n) is 13.3. The summed E-state index contributed by atoms with van der Waals surface area (Å²) in [5.41, 5.74) is 0.0620. The minimum absolute atomic E-state index is 0.0170. The van der Waals surface area contributed by atoms with E-state index in [1.54, 1.807) is 0 Å². The molecule has 2 heteroatoms. The van der Waals surface area contributed by atoms with E-state index >= 15 is 0 Å². The summed E-state index contributed by atoms with van der Waals surface area (Å²) >= 11 is 0. The molecule has 0 aromatic heterocycles. The molecule has 3 aliphatic rings. The van der Waals surface area contributed by atoms with Gasteiger partial charge in [-0.25, -0.2) is 0 Å². The highest BCUT2D eigenvalue weighted by Gasteiger charge is 2.54. The molecule has 0 aromatic rings. The van der Waals surface area contributed by atoms with Crippen molar-refractivity contribution in [3.8, 4) is 0 Å². The summed E-state index contributed by atoms with van der Waals surface area (Å²) in [4.78, 5) is 0. The zero-order chi connectivity index (χ0) is 13.8. The van der Waals surface area contributed by atoms with Crippen molar-refractivity contribution in [3.05, 3.63) is 0 Å².